The summed E-state index contributed by atoms with van der Waals surface area (Å²) in [6.07, 6.45) is 8.60. The summed E-state index contributed by atoms with van der Waals surface area (Å²) in [6, 6.07) is 12.8. The Morgan fingerprint density at radius 2 is 1.54 bits per heavy atom. The van der Waals surface area contributed by atoms with Gasteiger partial charge in [-0.25, -0.2) is 4.68 Å². The Morgan fingerprint density at radius 1 is 0.971 bits per heavy atom. The lowest BCUT2D eigenvalue weighted by atomic mass is 9.53. The van der Waals surface area contributed by atoms with E-state index in [-0.39, 0.29) is 29.1 Å². The monoisotopic (exact) mass is 573 g/mol. The van der Waals surface area contributed by atoms with Gasteiger partial charge in [-0.05, 0) is 92.7 Å². The van der Waals surface area contributed by atoms with Crippen LogP contribution in [0.1, 0.15) is 54.4 Å². The van der Waals surface area contributed by atoms with Crippen LogP contribution in [0.3, 0.4) is 0 Å². The Hall–Kier alpha value is -2.02. The number of nitrogens with one attached hydrogen (secondary N) is 1. The van der Waals surface area contributed by atoms with E-state index in [0.29, 0.717) is 39.0 Å². The molecular formula is C27H26BrCl2N3O2. The van der Waals surface area contributed by atoms with Crippen molar-refractivity contribution in [2.75, 3.05) is 0 Å². The van der Waals surface area contributed by atoms with Crippen LogP contribution < -0.4 is 10.9 Å². The summed E-state index contributed by atoms with van der Waals surface area (Å²) in [5, 5.41) is 4.37. The number of hydrogen-bond acceptors (Lipinski definition) is 2. The lowest BCUT2D eigenvalue weighted by Crippen LogP contribution is -2.60. The second-order valence-electron chi connectivity index (χ2n) is 10.6. The van der Waals surface area contributed by atoms with E-state index in [9.17, 15) is 9.59 Å². The number of halogens is 3. The van der Waals surface area contributed by atoms with Crippen LogP contribution in [-0.2, 0) is 6.54 Å². The zero-order valence-corrected chi connectivity index (χ0v) is 22.2. The fourth-order valence-corrected chi connectivity index (χ4v) is 7.81. The lowest BCUT2D eigenvalue weighted by Gasteiger charge is -2.56. The summed E-state index contributed by atoms with van der Waals surface area (Å²) >= 11 is 16.3. The Bertz CT molecular complexity index is 1310. The average molecular weight is 575 g/mol. The zero-order chi connectivity index (χ0) is 24.3. The first-order valence-corrected chi connectivity index (χ1v) is 13.7. The highest BCUT2D eigenvalue weighted by molar-refractivity contribution is 9.10. The van der Waals surface area contributed by atoms with Crippen molar-refractivity contribution in [1.82, 2.24) is 14.7 Å². The van der Waals surface area contributed by atoms with Crippen LogP contribution in [0.25, 0.3) is 5.69 Å². The third kappa shape index (κ3) is 4.28. The third-order valence-corrected chi connectivity index (χ3v) is 9.31. The molecule has 182 valence electrons. The minimum atomic E-state index is -0.349. The molecule has 1 N–H and O–H groups in total. The summed E-state index contributed by atoms with van der Waals surface area (Å²) in [4.78, 5) is 27.3. The van der Waals surface area contributed by atoms with Crippen LogP contribution in [0.2, 0.25) is 10.0 Å². The van der Waals surface area contributed by atoms with Crippen molar-refractivity contribution < 1.29 is 4.79 Å². The number of amides is 1. The van der Waals surface area contributed by atoms with Crippen molar-refractivity contribution in [3.8, 4) is 5.69 Å². The number of hydrogen-bond donors (Lipinski definition) is 1. The molecule has 4 aliphatic carbocycles. The van der Waals surface area contributed by atoms with Crippen LogP contribution in [-0.4, -0.2) is 20.8 Å². The van der Waals surface area contributed by atoms with Gasteiger partial charge in [0.25, 0.3) is 11.5 Å². The number of benzene rings is 2. The van der Waals surface area contributed by atoms with E-state index in [1.54, 1.807) is 29.1 Å². The van der Waals surface area contributed by atoms with E-state index in [0.717, 1.165) is 23.7 Å². The van der Waals surface area contributed by atoms with Crippen molar-refractivity contribution in [2.45, 2.75) is 50.6 Å². The molecule has 35 heavy (non-hydrogen) atoms. The van der Waals surface area contributed by atoms with E-state index in [1.807, 2.05) is 24.3 Å². The van der Waals surface area contributed by atoms with Crippen LogP contribution in [0, 0.1) is 17.8 Å². The Kier molecular flexibility index (Phi) is 5.89. The van der Waals surface area contributed by atoms with Gasteiger partial charge in [0, 0.05) is 31.8 Å². The Labute approximate surface area is 222 Å². The smallest absolute Gasteiger partial charge is 0.284 e. The highest BCUT2D eigenvalue weighted by atomic mass is 79.9. The molecule has 4 saturated carbocycles. The molecule has 4 aliphatic rings. The van der Waals surface area contributed by atoms with E-state index in [4.69, 9.17) is 23.2 Å². The number of rotatable bonds is 5. The summed E-state index contributed by atoms with van der Waals surface area (Å²) in [6.45, 7) is 0.258. The summed E-state index contributed by atoms with van der Waals surface area (Å²) < 4.78 is 4.16. The van der Waals surface area contributed by atoms with Crippen LogP contribution in [0.15, 0.2) is 57.9 Å². The van der Waals surface area contributed by atoms with Crippen molar-refractivity contribution in [2.24, 2.45) is 17.8 Å². The van der Waals surface area contributed by atoms with Crippen molar-refractivity contribution in [3.05, 3.63) is 84.7 Å². The Balaban J connectivity index is 1.38. The van der Waals surface area contributed by atoms with E-state index in [2.05, 4.69) is 21.2 Å². The minimum Gasteiger partial charge on any atom is -0.346 e. The van der Waals surface area contributed by atoms with Crippen LogP contribution in [0.4, 0.5) is 0 Å². The van der Waals surface area contributed by atoms with Gasteiger partial charge in [0.2, 0.25) is 0 Å². The summed E-state index contributed by atoms with van der Waals surface area (Å²) in [5.41, 5.74) is 0.985. The molecular weight excluding hydrogens is 549 g/mol. The molecule has 1 aromatic heterocycles. The molecule has 0 spiro atoms. The molecule has 0 unspecified atom stereocenters. The van der Waals surface area contributed by atoms with E-state index >= 15 is 0 Å². The molecule has 5 nitrogen and oxygen atoms in total. The van der Waals surface area contributed by atoms with Gasteiger partial charge in [-0.3, -0.25) is 14.3 Å². The van der Waals surface area contributed by atoms with E-state index < -0.39 is 0 Å². The first kappa shape index (κ1) is 23.4. The molecule has 4 bridgehead atoms. The zero-order valence-electron chi connectivity index (χ0n) is 19.1. The van der Waals surface area contributed by atoms with Gasteiger partial charge in [0.05, 0.1) is 12.2 Å². The van der Waals surface area contributed by atoms with Gasteiger partial charge in [0.1, 0.15) is 5.56 Å². The van der Waals surface area contributed by atoms with Crippen LogP contribution in [0.5, 0.6) is 0 Å². The maximum Gasteiger partial charge on any atom is 0.284 e. The molecule has 2 aromatic carbocycles. The second kappa shape index (κ2) is 8.82. The third-order valence-electron chi connectivity index (χ3n) is 8.07. The van der Waals surface area contributed by atoms with Gasteiger partial charge < -0.3 is 5.32 Å². The summed E-state index contributed by atoms with van der Waals surface area (Å²) in [7, 11) is 0. The molecule has 8 heteroatoms. The first-order valence-electron chi connectivity index (χ1n) is 12.1. The van der Waals surface area contributed by atoms with Gasteiger partial charge in [-0.2, -0.15) is 0 Å². The minimum absolute atomic E-state index is 0.145. The fourth-order valence-electron chi connectivity index (χ4n) is 7.03. The van der Waals surface area contributed by atoms with Crippen LogP contribution >= 0.6 is 39.1 Å². The number of nitrogens with zero attached hydrogens (tertiary/aromatic N) is 2. The first-order chi connectivity index (χ1) is 16.8. The predicted molar refractivity (Wildman–Crippen MR) is 142 cm³/mol. The molecule has 0 radical (unpaired) electrons. The van der Waals surface area contributed by atoms with Crippen molar-refractivity contribution in [3.63, 3.8) is 0 Å². The normalized spacial score (nSPS) is 26.8. The number of carbonyl (C=O) groups is 1. The predicted octanol–water partition coefficient (Wildman–Crippen LogP) is 6.46. The molecule has 3 aromatic rings. The molecule has 1 heterocycles. The maximum absolute atomic E-state index is 13.7. The summed E-state index contributed by atoms with van der Waals surface area (Å²) in [5.74, 6) is 1.82. The van der Waals surface area contributed by atoms with Gasteiger partial charge >= 0.3 is 0 Å². The fraction of sp³-hybridized carbons (Fsp3) is 0.407. The quantitative estimate of drug-likeness (QED) is 0.380. The topological polar surface area (TPSA) is 56.0 Å². The van der Waals surface area contributed by atoms with Crippen molar-refractivity contribution >= 4 is 45.0 Å². The highest BCUT2D eigenvalue weighted by Gasteiger charge is 2.51. The maximum atomic E-state index is 13.7. The standard InChI is InChI=1S/C27H26BrCl2N3O2/c28-19-4-6-20(7-5-19)33-26(35)22(15-32(33)14-21-23(29)2-1-3-24(21)30)25(34)31-27-11-16-8-17(12-27)10-18(9-16)13-27/h1-7,15-18H,8-14H2,(H,31,34). The van der Waals surface area contributed by atoms with Gasteiger partial charge in [-0.15, -0.1) is 0 Å². The molecule has 0 aliphatic heterocycles. The molecule has 4 fully saturated rings. The molecule has 1 amide bonds. The van der Waals surface area contributed by atoms with Gasteiger partial charge in [-0.1, -0.05) is 45.2 Å². The average Bonchev–Trinajstić information content (AvgIpc) is 3.12. The molecule has 0 saturated heterocycles. The molecule has 0 atom stereocenters. The lowest BCUT2D eigenvalue weighted by molar-refractivity contribution is -0.0167. The largest absolute Gasteiger partial charge is 0.346 e. The number of aromatic nitrogens is 2. The Morgan fingerprint density at radius 3 is 2.11 bits per heavy atom. The molecule has 7 rings (SSSR count). The highest BCUT2D eigenvalue weighted by Crippen LogP contribution is 2.55. The van der Waals surface area contributed by atoms with Gasteiger partial charge in [0.15, 0.2) is 0 Å². The second-order valence-corrected chi connectivity index (χ2v) is 12.3. The SMILES string of the molecule is O=C(NC12CC3CC(CC(C3)C1)C2)c1cn(Cc2c(Cl)cccc2Cl)n(-c2ccc(Br)cc2)c1=O. The number of carbonyl (C=O) groups excluding carboxylic acids is 1. The van der Waals surface area contributed by atoms with Crippen molar-refractivity contribution in [1.29, 1.82) is 0 Å². The van der Waals surface area contributed by atoms with E-state index in [1.165, 1.54) is 23.9 Å².